The molecule has 242 valence electrons. The second-order valence-electron chi connectivity index (χ2n) is 10.6. The minimum absolute atomic E-state index is 0.199. The number of halogens is 3. The van der Waals surface area contributed by atoms with E-state index in [0.29, 0.717) is 28.6 Å². The van der Waals surface area contributed by atoms with Crippen LogP contribution in [0.15, 0.2) is 108 Å². The molecule has 2 heterocycles. The van der Waals surface area contributed by atoms with Gasteiger partial charge in [-0.1, -0.05) is 42.5 Å². The van der Waals surface area contributed by atoms with E-state index in [1.807, 2.05) is 0 Å². The van der Waals surface area contributed by atoms with Crippen molar-refractivity contribution in [2.45, 2.75) is 29.4 Å². The molecule has 11 nitrogen and oxygen atoms in total. The Morgan fingerprint density at radius 3 is 1.98 bits per heavy atom. The van der Waals surface area contributed by atoms with E-state index in [0.717, 1.165) is 28.6 Å². The van der Waals surface area contributed by atoms with Crippen molar-refractivity contribution in [2.24, 2.45) is 0 Å². The van der Waals surface area contributed by atoms with Crippen LogP contribution >= 0.6 is 0 Å². The summed E-state index contributed by atoms with van der Waals surface area (Å²) < 4.78 is 104. The van der Waals surface area contributed by atoms with Crippen molar-refractivity contribution in [3.63, 3.8) is 0 Å². The number of hydrogen-bond acceptors (Lipinski definition) is 8. The molecule has 46 heavy (non-hydrogen) atoms. The number of benzene rings is 4. The third-order valence-electron chi connectivity index (χ3n) is 7.47. The first-order valence-corrected chi connectivity index (χ1v) is 16.9. The maximum absolute atomic E-state index is 13.8. The monoisotopic (exact) mass is 675 g/mol. The lowest BCUT2D eigenvalue weighted by Crippen LogP contribution is -2.66. The molecule has 0 saturated carbocycles. The van der Waals surface area contributed by atoms with Gasteiger partial charge in [0.25, 0.3) is 0 Å². The lowest BCUT2D eigenvalue weighted by atomic mass is 9.96. The molecule has 1 fully saturated rings. The molecule has 4 atom stereocenters. The summed E-state index contributed by atoms with van der Waals surface area (Å²) in [6, 6.07) is 23.9. The summed E-state index contributed by atoms with van der Waals surface area (Å²) in [5.41, 5.74) is 1.39. The number of piperidine rings is 1. The quantitative estimate of drug-likeness (QED) is 0.201. The molecule has 2 aliphatic rings. The molecule has 0 radical (unpaired) electrons. The summed E-state index contributed by atoms with van der Waals surface area (Å²) in [5.74, 6) is 0.356. The lowest BCUT2D eigenvalue weighted by Gasteiger charge is -2.47. The van der Waals surface area contributed by atoms with E-state index >= 15 is 0 Å². The first-order valence-electron chi connectivity index (χ1n) is 13.9. The van der Waals surface area contributed by atoms with Crippen molar-refractivity contribution in [2.75, 3.05) is 22.7 Å². The van der Waals surface area contributed by atoms with Crippen molar-refractivity contribution in [1.82, 2.24) is 9.03 Å². The molecule has 0 spiro atoms. The Morgan fingerprint density at radius 1 is 0.826 bits per heavy atom. The van der Waals surface area contributed by atoms with Crippen LogP contribution in [0.25, 0.3) is 0 Å². The molecule has 4 aromatic carbocycles. The Labute approximate surface area is 263 Å². The molecule has 0 bridgehead atoms. The van der Waals surface area contributed by atoms with E-state index in [1.54, 1.807) is 83.8 Å². The number of alkyl halides is 3. The molecule has 6 rings (SSSR count). The van der Waals surface area contributed by atoms with Crippen LogP contribution in [-0.4, -0.2) is 59.7 Å². The van der Waals surface area contributed by atoms with Gasteiger partial charge in [-0.15, -0.1) is 13.2 Å². The number of hydrogen-bond donors (Lipinski definition) is 4. The lowest BCUT2D eigenvalue weighted by molar-refractivity contribution is -0.274. The van der Waals surface area contributed by atoms with Crippen LogP contribution in [-0.2, 0) is 20.1 Å². The van der Waals surface area contributed by atoms with Gasteiger partial charge >= 0.3 is 16.6 Å². The number of ether oxygens (including phenoxy) is 2. The SMILES string of the molecule is N=S(=O)(NC1CN(S(=O)(=O)Nc2ccccc2)CC(N2c3ccccc3Oc3ccccc32)C1O)c1ccc(OC(F)(F)F)cc1. The van der Waals surface area contributed by atoms with Gasteiger partial charge in [0.05, 0.1) is 34.5 Å². The van der Waals surface area contributed by atoms with Gasteiger partial charge in [0.15, 0.2) is 11.5 Å². The van der Waals surface area contributed by atoms with E-state index in [1.165, 1.54) is 0 Å². The van der Waals surface area contributed by atoms with Gasteiger partial charge in [0, 0.05) is 18.8 Å². The number of nitrogens with one attached hydrogen (secondary N) is 3. The minimum Gasteiger partial charge on any atom is -0.453 e. The van der Waals surface area contributed by atoms with Crippen LogP contribution in [0.2, 0.25) is 0 Å². The number of aliphatic hydroxyl groups excluding tert-OH is 1. The summed E-state index contributed by atoms with van der Waals surface area (Å²) in [5, 5.41) is 11.8. The second kappa shape index (κ2) is 12.1. The van der Waals surface area contributed by atoms with Crippen LogP contribution in [0.4, 0.5) is 30.2 Å². The summed E-state index contributed by atoms with van der Waals surface area (Å²) in [7, 11) is -8.25. The summed E-state index contributed by atoms with van der Waals surface area (Å²) in [6.07, 6.45) is -6.34. The highest BCUT2D eigenvalue weighted by Gasteiger charge is 2.46. The first-order chi connectivity index (χ1) is 21.8. The van der Waals surface area contributed by atoms with Crippen LogP contribution in [0.3, 0.4) is 0 Å². The Morgan fingerprint density at radius 2 is 1.39 bits per heavy atom. The number of rotatable bonds is 8. The molecule has 1 saturated heterocycles. The third kappa shape index (κ3) is 6.61. The normalized spacial score (nSPS) is 21.3. The molecule has 4 aromatic rings. The number of fused-ring (bicyclic) bond motifs is 2. The predicted octanol–water partition coefficient (Wildman–Crippen LogP) is 5.21. The minimum atomic E-state index is -4.94. The Balaban J connectivity index is 1.37. The van der Waals surface area contributed by atoms with Crippen molar-refractivity contribution < 1.29 is 40.4 Å². The van der Waals surface area contributed by atoms with E-state index in [2.05, 4.69) is 14.2 Å². The zero-order valence-electron chi connectivity index (χ0n) is 23.8. The topological polar surface area (TPSA) is 144 Å². The zero-order valence-corrected chi connectivity index (χ0v) is 25.4. The van der Waals surface area contributed by atoms with E-state index in [9.17, 15) is 30.9 Å². The Bertz CT molecular complexity index is 1890. The van der Waals surface area contributed by atoms with Gasteiger partial charge in [-0.3, -0.25) is 4.72 Å². The van der Waals surface area contributed by atoms with Gasteiger partial charge in [-0.05, 0) is 60.7 Å². The molecule has 2 aliphatic heterocycles. The largest absolute Gasteiger partial charge is 0.573 e. The van der Waals surface area contributed by atoms with Crippen LogP contribution in [0.5, 0.6) is 17.2 Å². The smallest absolute Gasteiger partial charge is 0.453 e. The third-order valence-corrected chi connectivity index (χ3v) is 10.5. The van der Waals surface area contributed by atoms with Crippen molar-refractivity contribution in [3.8, 4) is 17.2 Å². The second-order valence-corrected chi connectivity index (χ2v) is 14.0. The molecule has 0 amide bonds. The summed E-state index contributed by atoms with van der Waals surface area (Å²) in [6.45, 7) is -0.606. The average molecular weight is 676 g/mol. The molecule has 16 heteroatoms. The van der Waals surface area contributed by atoms with E-state index < -0.39 is 57.0 Å². The molecule has 4 N–H and O–H groups in total. The highest BCUT2D eigenvalue weighted by Crippen LogP contribution is 2.48. The summed E-state index contributed by atoms with van der Waals surface area (Å²) in [4.78, 5) is 1.56. The molecule has 0 aromatic heterocycles. The maximum Gasteiger partial charge on any atom is 0.573 e. The first kappa shape index (κ1) is 31.6. The maximum atomic E-state index is 13.8. The highest BCUT2D eigenvalue weighted by atomic mass is 32.2. The van der Waals surface area contributed by atoms with Gasteiger partial charge < -0.3 is 19.5 Å². The van der Waals surface area contributed by atoms with Crippen LogP contribution < -0.4 is 23.8 Å². The fraction of sp³-hybridized carbons (Fsp3) is 0.200. The number of para-hydroxylation sites is 5. The van der Waals surface area contributed by atoms with Crippen LogP contribution in [0.1, 0.15) is 0 Å². The van der Waals surface area contributed by atoms with Crippen molar-refractivity contribution in [1.29, 1.82) is 4.78 Å². The average Bonchev–Trinajstić information content (AvgIpc) is 3.00. The molecular weight excluding hydrogens is 647 g/mol. The number of anilines is 3. The fourth-order valence-corrected chi connectivity index (χ4v) is 8.01. The molecule has 0 aliphatic carbocycles. The standard InChI is InChI=1S/C30H28F3N5O6S2/c31-30(32,33)44-21-14-16-22(17-15-21)45(34,40)36-23-18-37(46(41,42)35-20-8-2-1-3-9-20)19-26(29(23)39)38-24-10-4-6-12-27(24)43-28-13-7-5-11-25(28)38/h1-17,23,26,29,35,39H,18-19H2,(H2,34,36,40). The van der Waals surface area contributed by atoms with Crippen molar-refractivity contribution in [3.05, 3.63) is 103 Å². The number of nitrogens with zero attached hydrogens (tertiary/aromatic N) is 2. The number of aliphatic hydroxyl groups is 1. The van der Waals surface area contributed by atoms with Gasteiger partial charge in [0.1, 0.15) is 15.7 Å². The summed E-state index contributed by atoms with van der Waals surface area (Å²) >= 11 is 0. The predicted molar refractivity (Wildman–Crippen MR) is 165 cm³/mol. The van der Waals surface area contributed by atoms with Gasteiger partial charge in [-0.25, -0.2) is 13.7 Å². The van der Waals surface area contributed by atoms with E-state index in [4.69, 9.17) is 9.52 Å². The molecule has 4 unspecified atom stereocenters. The fourth-order valence-electron chi connectivity index (χ4n) is 5.45. The molecular formula is C30H28F3N5O6S2. The van der Waals surface area contributed by atoms with Crippen molar-refractivity contribution >= 4 is 37.2 Å². The zero-order chi connectivity index (χ0) is 32.7. The van der Waals surface area contributed by atoms with E-state index in [-0.39, 0.29) is 11.4 Å². The highest BCUT2D eigenvalue weighted by molar-refractivity contribution is 7.90. The van der Waals surface area contributed by atoms with Gasteiger partial charge in [0.2, 0.25) is 0 Å². The van der Waals surface area contributed by atoms with Gasteiger partial charge in [-0.2, -0.15) is 12.7 Å². The Kier molecular flexibility index (Phi) is 8.32. The van der Waals surface area contributed by atoms with Crippen LogP contribution in [0, 0.1) is 4.78 Å². The Hall–Kier alpha value is -4.35.